The zero-order valence-electron chi connectivity index (χ0n) is 19.3. The van der Waals surface area contributed by atoms with Crippen LogP contribution in [0.25, 0.3) is 11.3 Å². The van der Waals surface area contributed by atoms with Gasteiger partial charge >= 0.3 is 6.18 Å². The Balaban J connectivity index is 1.25. The normalized spacial score (nSPS) is 13.2. The lowest BCUT2D eigenvalue weighted by Crippen LogP contribution is -2.35. The number of halogens is 4. The minimum absolute atomic E-state index is 0.193. The summed E-state index contributed by atoms with van der Waals surface area (Å²) >= 11 is 0. The number of benzene rings is 3. The van der Waals surface area contributed by atoms with Crippen molar-refractivity contribution in [2.24, 2.45) is 0 Å². The van der Waals surface area contributed by atoms with Gasteiger partial charge in [0.15, 0.2) is 0 Å². The monoisotopic (exact) mass is 508 g/mol. The molecule has 1 aliphatic heterocycles. The number of hydrogen-bond acceptors (Lipinski definition) is 3. The first-order valence-electron chi connectivity index (χ1n) is 11.4. The second-order valence-electron chi connectivity index (χ2n) is 8.65. The molecule has 0 saturated heterocycles. The summed E-state index contributed by atoms with van der Waals surface area (Å²) in [7, 11) is 0. The number of furan rings is 1. The molecule has 3 aromatic carbocycles. The van der Waals surface area contributed by atoms with E-state index in [-0.39, 0.29) is 23.9 Å². The molecule has 1 N–H and O–H groups in total. The van der Waals surface area contributed by atoms with Crippen LogP contribution >= 0.6 is 0 Å². The maximum absolute atomic E-state index is 13.1. The van der Waals surface area contributed by atoms with E-state index in [9.17, 15) is 27.2 Å². The highest BCUT2D eigenvalue weighted by Gasteiger charge is 2.31. The fraction of sp³-hybridized carbons (Fsp3) is 0.143. The van der Waals surface area contributed by atoms with E-state index in [4.69, 9.17) is 4.42 Å². The summed E-state index contributed by atoms with van der Waals surface area (Å²) in [4.78, 5) is 26.8. The van der Waals surface area contributed by atoms with Gasteiger partial charge in [-0.25, -0.2) is 4.39 Å². The number of carbonyl (C=O) groups excluding carboxylic acids is 2. The average molecular weight is 508 g/mol. The van der Waals surface area contributed by atoms with E-state index in [1.807, 2.05) is 6.07 Å². The summed E-state index contributed by atoms with van der Waals surface area (Å²) in [5, 5.41) is 2.75. The highest BCUT2D eigenvalue weighted by molar-refractivity contribution is 6.04. The molecule has 188 valence electrons. The van der Waals surface area contributed by atoms with E-state index >= 15 is 0 Å². The molecule has 2 heterocycles. The van der Waals surface area contributed by atoms with Crippen molar-refractivity contribution >= 4 is 17.5 Å². The predicted molar refractivity (Wildman–Crippen MR) is 128 cm³/mol. The molecule has 0 bridgehead atoms. The Morgan fingerprint density at radius 1 is 0.865 bits per heavy atom. The van der Waals surface area contributed by atoms with Crippen LogP contribution in [0.15, 0.2) is 83.3 Å². The van der Waals surface area contributed by atoms with Gasteiger partial charge in [0.2, 0.25) is 0 Å². The van der Waals surface area contributed by atoms with Crippen molar-refractivity contribution in [1.29, 1.82) is 0 Å². The van der Waals surface area contributed by atoms with Gasteiger partial charge < -0.3 is 14.6 Å². The lowest BCUT2D eigenvalue weighted by Gasteiger charge is -2.26. The van der Waals surface area contributed by atoms with E-state index in [0.29, 0.717) is 30.0 Å². The SMILES string of the molecule is O=C(Nc1ccc(-c2cc3c(o2)CCN(C(=O)c2ccc(C(F)(F)F)cc2)C3)cc1)c1ccc(F)cc1. The van der Waals surface area contributed by atoms with Crippen molar-refractivity contribution in [3.63, 3.8) is 0 Å². The molecule has 0 atom stereocenters. The van der Waals surface area contributed by atoms with Crippen LogP contribution in [0.3, 0.4) is 0 Å². The van der Waals surface area contributed by atoms with Gasteiger partial charge in [-0.2, -0.15) is 13.2 Å². The summed E-state index contributed by atoms with van der Waals surface area (Å²) in [6.07, 6.45) is -3.98. The Morgan fingerprint density at radius 3 is 2.16 bits per heavy atom. The molecule has 0 aliphatic carbocycles. The number of nitrogens with zero attached hydrogens (tertiary/aromatic N) is 1. The zero-order chi connectivity index (χ0) is 26.2. The number of carbonyl (C=O) groups is 2. The Bertz CT molecular complexity index is 1440. The molecule has 4 aromatic rings. The molecule has 2 amide bonds. The molecule has 0 spiro atoms. The van der Waals surface area contributed by atoms with Crippen molar-refractivity contribution < 1.29 is 31.6 Å². The van der Waals surface area contributed by atoms with Crippen LogP contribution < -0.4 is 5.32 Å². The van der Waals surface area contributed by atoms with Crippen LogP contribution in [0.5, 0.6) is 0 Å². The molecular formula is C28H20F4N2O3. The number of hydrogen-bond donors (Lipinski definition) is 1. The molecule has 0 saturated carbocycles. The lowest BCUT2D eigenvalue weighted by atomic mass is 10.1. The van der Waals surface area contributed by atoms with Gasteiger partial charge in [-0.05, 0) is 78.9 Å². The molecule has 5 rings (SSSR count). The first kappa shape index (κ1) is 24.3. The minimum Gasteiger partial charge on any atom is -0.461 e. The van der Waals surface area contributed by atoms with Gasteiger partial charge in [-0.15, -0.1) is 0 Å². The molecule has 0 radical (unpaired) electrons. The van der Waals surface area contributed by atoms with E-state index in [0.717, 1.165) is 29.0 Å². The van der Waals surface area contributed by atoms with E-state index in [2.05, 4.69) is 5.32 Å². The number of amides is 2. The number of nitrogens with one attached hydrogen (secondary N) is 1. The number of alkyl halides is 3. The van der Waals surface area contributed by atoms with Crippen LogP contribution in [0, 0.1) is 5.82 Å². The highest BCUT2D eigenvalue weighted by Crippen LogP contribution is 2.32. The molecule has 9 heteroatoms. The molecule has 5 nitrogen and oxygen atoms in total. The number of anilines is 1. The van der Waals surface area contributed by atoms with Crippen molar-refractivity contribution in [1.82, 2.24) is 4.90 Å². The lowest BCUT2D eigenvalue weighted by molar-refractivity contribution is -0.137. The highest BCUT2D eigenvalue weighted by atomic mass is 19.4. The summed E-state index contributed by atoms with van der Waals surface area (Å²) in [6.45, 7) is 0.665. The summed E-state index contributed by atoms with van der Waals surface area (Å²) in [5.74, 6) is 0.224. The van der Waals surface area contributed by atoms with Crippen molar-refractivity contribution in [3.05, 3.63) is 113 Å². The van der Waals surface area contributed by atoms with Crippen LogP contribution in [-0.4, -0.2) is 23.3 Å². The Morgan fingerprint density at radius 2 is 1.51 bits per heavy atom. The molecule has 1 aromatic heterocycles. The fourth-order valence-corrected chi connectivity index (χ4v) is 4.16. The molecule has 1 aliphatic rings. The van der Waals surface area contributed by atoms with Crippen molar-refractivity contribution in [3.8, 4) is 11.3 Å². The van der Waals surface area contributed by atoms with E-state index in [1.54, 1.807) is 29.2 Å². The maximum Gasteiger partial charge on any atom is 0.416 e. The summed E-state index contributed by atoms with van der Waals surface area (Å²) < 4.78 is 57.5. The van der Waals surface area contributed by atoms with Crippen molar-refractivity contribution in [2.75, 3.05) is 11.9 Å². The smallest absolute Gasteiger partial charge is 0.416 e. The van der Waals surface area contributed by atoms with Gasteiger partial charge in [0, 0.05) is 47.5 Å². The largest absolute Gasteiger partial charge is 0.461 e. The standard InChI is InChI=1S/C28H20F4N2O3/c29-22-9-3-18(4-10-22)26(35)33-23-11-5-17(6-12-23)25-15-20-16-34(14-13-24(20)37-25)27(36)19-1-7-21(8-2-19)28(30,31)32/h1-12,15H,13-14,16H2,(H,33,35). The van der Waals surface area contributed by atoms with Crippen LogP contribution in [0.2, 0.25) is 0 Å². The fourth-order valence-electron chi connectivity index (χ4n) is 4.16. The van der Waals surface area contributed by atoms with Crippen LogP contribution in [0.4, 0.5) is 23.2 Å². The molecule has 0 fully saturated rings. The van der Waals surface area contributed by atoms with Gasteiger partial charge in [0.05, 0.1) is 5.56 Å². The van der Waals surface area contributed by atoms with Gasteiger partial charge in [-0.3, -0.25) is 9.59 Å². The van der Waals surface area contributed by atoms with Crippen molar-refractivity contribution in [2.45, 2.75) is 19.1 Å². The topological polar surface area (TPSA) is 62.6 Å². The van der Waals surface area contributed by atoms with Crippen LogP contribution in [-0.2, 0) is 19.1 Å². The second-order valence-corrected chi connectivity index (χ2v) is 8.65. The predicted octanol–water partition coefficient (Wildman–Crippen LogP) is 6.56. The quantitative estimate of drug-likeness (QED) is 0.318. The Kier molecular flexibility index (Phi) is 6.29. The second kappa shape index (κ2) is 9.57. The minimum atomic E-state index is -4.46. The zero-order valence-corrected chi connectivity index (χ0v) is 19.3. The third-order valence-corrected chi connectivity index (χ3v) is 6.15. The van der Waals surface area contributed by atoms with Gasteiger partial charge in [0.25, 0.3) is 11.8 Å². The average Bonchev–Trinajstić information content (AvgIpc) is 3.32. The maximum atomic E-state index is 13.1. The first-order chi connectivity index (χ1) is 17.7. The Hall–Kier alpha value is -4.40. The molecular weight excluding hydrogens is 488 g/mol. The van der Waals surface area contributed by atoms with E-state index < -0.39 is 17.6 Å². The Labute approximate surface area is 209 Å². The first-order valence-corrected chi connectivity index (χ1v) is 11.4. The number of rotatable bonds is 4. The number of fused-ring (bicyclic) bond motifs is 1. The molecule has 37 heavy (non-hydrogen) atoms. The van der Waals surface area contributed by atoms with Gasteiger partial charge in [0.1, 0.15) is 17.3 Å². The third kappa shape index (κ3) is 5.25. The van der Waals surface area contributed by atoms with Gasteiger partial charge in [-0.1, -0.05) is 0 Å². The third-order valence-electron chi connectivity index (χ3n) is 6.15. The van der Waals surface area contributed by atoms with Crippen LogP contribution in [0.1, 0.15) is 37.6 Å². The summed E-state index contributed by atoms with van der Waals surface area (Å²) in [5.41, 5.74) is 1.89. The van der Waals surface area contributed by atoms with E-state index in [1.165, 1.54) is 36.4 Å². The summed E-state index contributed by atoms with van der Waals surface area (Å²) in [6, 6.07) is 18.3. The molecule has 0 unspecified atom stereocenters.